The first-order valence-corrected chi connectivity index (χ1v) is 5.99. The molecule has 0 spiro atoms. The standard InChI is InChI=1S/C12H14ClN3O2/c1-2-3-9(6-10(17)18)16-12-11(13)8(7-14)4-5-15-12/h4-5,9H,2-3,6H2,1H3,(H,15,16)(H,17,18). The SMILES string of the molecule is CCCC(CC(=O)O)Nc1nccc(C#N)c1Cl. The van der Waals surface area contributed by atoms with Crippen molar-refractivity contribution < 1.29 is 9.90 Å². The molecule has 1 aromatic rings. The van der Waals surface area contributed by atoms with Crippen LogP contribution in [0.15, 0.2) is 12.3 Å². The molecule has 6 heteroatoms. The lowest BCUT2D eigenvalue weighted by Crippen LogP contribution is -2.23. The number of carboxylic acid groups (broad SMARTS) is 1. The van der Waals surface area contributed by atoms with Gasteiger partial charge in [-0.25, -0.2) is 4.98 Å². The zero-order chi connectivity index (χ0) is 13.5. The molecule has 1 heterocycles. The van der Waals surface area contributed by atoms with Gasteiger partial charge in [0.2, 0.25) is 0 Å². The molecule has 18 heavy (non-hydrogen) atoms. The Morgan fingerprint density at radius 1 is 1.72 bits per heavy atom. The Labute approximate surface area is 110 Å². The fourth-order valence-electron chi connectivity index (χ4n) is 1.61. The maximum Gasteiger partial charge on any atom is 0.305 e. The zero-order valence-electron chi connectivity index (χ0n) is 9.98. The molecule has 0 aliphatic carbocycles. The van der Waals surface area contributed by atoms with E-state index in [0.29, 0.717) is 17.8 Å². The quantitative estimate of drug-likeness (QED) is 0.827. The number of hydrogen-bond donors (Lipinski definition) is 2. The molecule has 96 valence electrons. The van der Waals surface area contributed by atoms with Gasteiger partial charge in [0.05, 0.1) is 12.0 Å². The topological polar surface area (TPSA) is 86.0 Å². The summed E-state index contributed by atoms with van der Waals surface area (Å²) >= 11 is 5.99. The highest BCUT2D eigenvalue weighted by atomic mass is 35.5. The summed E-state index contributed by atoms with van der Waals surface area (Å²) in [5.74, 6) is -0.524. The van der Waals surface area contributed by atoms with Crippen LogP contribution < -0.4 is 5.32 Å². The van der Waals surface area contributed by atoms with Crippen molar-refractivity contribution >= 4 is 23.4 Å². The van der Waals surface area contributed by atoms with E-state index in [4.69, 9.17) is 22.0 Å². The van der Waals surface area contributed by atoms with Crippen molar-refractivity contribution in [2.75, 3.05) is 5.32 Å². The van der Waals surface area contributed by atoms with Gasteiger partial charge in [-0.3, -0.25) is 4.79 Å². The summed E-state index contributed by atoms with van der Waals surface area (Å²) in [6.07, 6.45) is 3.00. The molecule has 0 bridgehead atoms. The van der Waals surface area contributed by atoms with Gasteiger partial charge in [0.15, 0.2) is 0 Å². The van der Waals surface area contributed by atoms with Crippen LogP contribution in [0.1, 0.15) is 31.7 Å². The Morgan fingerprint density at radius 3 is 3.00 bits per heavy atom. The van der Waals surface area contributed by atoms with Crippen LogP contribution in [0, 0.1) is 11.3 Å². The number of nitrogens with one attached hydrogen (secondary N) is 1. The van der Waals surface area contributed by atoms with Crippen LogP contribution in [0.5, 0.6) is 0 Å². The summed E-state index contributed by atoms with van der Waals surface area (Å²) in [5, 5.41) is 20.9. The highest BCUT2D eigenvalue weighted by molar-refractivity contribution is 6.34. The number of carbonyl (C=O) groups is 1. The van der Waals surface area contributed by atoms with Gasteiger partial charge in [-0.2, -0.15) is 5.26 Å². The molecule has 0 aliphatic heterocycles. The van der Waals surface area contributed by atoms with E-state index >= 15 is 0 Å². The molecule has 0 saturated heterocycles. The first-order chi connectivity index (χ1) is 8.58. The minimum absolute atomic E-state index is 0.0113. The van der Waals surface area contributed by atoms with Crippen LogP contribution in [-0.4, -0.2) is 22.1 Å². The van der Waals surface area contributed by atoms with Gasteiger partial charge in [-0.15, -0.1) is 0 Å². The second-order valence-electron chi connectivity index (χ2n) is 3.86. The van der Waals surface area contributed by atoms with Gasteiger partial charge in [0, 0.05) is 12.2 Å². The number of nitriles is 1. The van der Waals surface area contributed by atoms with Crippen molar-refractivity contribution in [2.45, 2.75) is 32.2 Å². The molecule has 1 atom stereocenters. The predicted molar refractivity (Wildman–Crippen MR) is 68.5 cm³/mol. The molecule has 0 aliphatic rings. The predicted octanol–water partition coefficient (Wildman–Crippen LogP) is 2.66. The van der Waals surface area contributed by atoms with E-state index in [1.807, 2.05) is 13.0 Å². The highest BCUT2D eigenvalue weighted by Crippen LogP contribution is 2.24. The lowest BCUT2D eigenvalue weighted by molar-refractivity contribution is -0.137. The molecule has 2 N–H and O–H groups in total. The van der Waals surface area contributed by atoms with E-state index in [1.165, 1.54) is 12.3 Å². The number of anilines is 1. The van der Waals surface area contributed by atoms with Gasteiger partial charge in [0.25, 0.3) is 0 Å². The Bertz CT molecular complexity index is 471. The number of aromatic nitrogens is 1. The van der Waals surface area contributed by atoms with E-state index in [0.717, 1.165) is 6.42 Å². The fraction of sp³-hybridized carbons (Fsp3) is 0.417. The lowest BCUT2D eigenvalue weighted by atomic mass is 10.1. The third kappa shape index (κ3) is 3.90. The fourth-order valence-corrected chi connectivity index (χ4v) is 1.82. The minimum Gasteiger partial charge on any atom is -0.481 e. The summed E-state index contributed by atoms with van der Waals surface area (Å²) in [4.78, 5) is 14.8. The lowest BCUT2D eigenvalue weighted by Gasteiger charge is -2.17. The number of hydrogen-bond acceptors (Lipinski definition) is 4. The molecule has 1 aromatic heterocycles. The van der Waals surface area contributed by atoms with Crippen LogP contribution in [0.4, 0.5) is 5.82 Å². The third-order valence-corrected chi connectivity index (χ3v) is 2.79. The van der Waals surface area contributed by atoms with Crippen LogP contribution in [0.3, 0.4) is 0 Å². The Kier molecular flexibility index (Phi) is 5.40. The Balaban J connectivity index is 2.87. The van der Waals surface area contributed by atoms with E-state index in [1.54, 1.807) is 0 Å². The van der Waals surface area contributed by atoms with E-state index in [9.17, 15) is 4.79 Å². The summed E-state index contributed by atoms with van der Waals surface area (Å²) in [6.45, 7) is 1.97. The van der Waals surface area contributed by atoms with Crippen LogP contribution in [-0.2, 0) is 4.79 Å². The average Bonchev–Trinajstić information content (AvgIpc) is 2.31. The Morgan fingerprint density at radius 2 is 2.44 bits per heavy atom. The van der Waals surface area contributed by atoms with Gasteiger partial charge < -0.3 is 10.4 Å². The molecule has 0 fully saturated rings. The van der Waals surface area contributed by atoms with Crippen molar-refractivity contribution in [1.82, 2.24) is 4.98 Å². The van der Waals surface area contributed by atoms with Crippen molar-refractivity contribution in [3.8, 4) is 6.07 Å². The zero-order valence-corrected chi connectivity index (χ0v) is 10.7. The summed E-state index contributed by atoms with van der Waals surface area (Å²) < 4.78 is 0. The van der Waals surface area contributed by atoms with Crippen molar-refractivity contribution in [3.05, 3.63) is 22.8 Å². The second-order valence-corrected chi connectivity index (χ2v) is 4.24. The molecule has 0 radical (unpaired) electrons. The monoisotopic (exact) mass is 267 g/mol. The number of rotatable bonds is 6. The van der Waals surface area contributed by atoms with Crippen molar-refractivity contribution in [2.24, 2.45) is 0 Å². The second kappa shape index (κ2) is 6.82. The molecule has 1 rings (SSSR count). The normalized spacial score (nSPS) is 11.6. The highest BCUT2D eigenvalue weighted by Gasteiger charge is 2.15. The number of halogens is 1. The molecule has 5 nitrogen and oxygen atoms in total. The maximum absolute atomic E-state index is 10.7. The smallest absolute Gasteiger partial charge is 0.305 e. The number of nitrogens with zero attached hydrogens (tertiary/aromatic N) is 2. The first kappa shape index (κ1) is 14.3. The molecule has 0 amide bonds. The maximum atomic E-state index is 10.7. The van der Waals surface area contributed by atoms with Crippen molar-refractivity contribution in [3.63, 3.8) is 0 Å². The van der Waals surface area contributed by atoms with Crippen LogP contribution in [0.2, 0.25) is 5.02 Å². The molecular weight excluding hydrogens is 254 g/mol. The molecule has 0 saturated carbocycles. The van der Waals surface area contributed by atoms with E-state index < -0.39 is 5.97 Å². The summed E-state index contributed by atoms with van der Waals surface area (Å²) in [7, 11) is 0. The third-order valence-electron chi connectivity index (χ3n) is 2.41. The van der Waals surface area contributed by atoms with Crippen LogP contribution >= 0.6 is 11.6 Å². The van der Waals surface area contributed by atoms with E-state index in [-0.39, 0.29) is 17.5 Å². The summed E-state index contributed by atoms with van der Waals surface area (Å²) in [6, 6.07) is 3.22. The number of pyridine rings is 1. The van der Waals surface area contributed by atoms with Gasteiger partial charge in [-0.1, -0.05) is 24.9 Å². The van der Waals surface area contributed by atoms with Gasteiger partial charge in [0.1, 0.15) is 16.9 Å². The number of carboxylic acids is 1. The van der Waals surface area contributed by atoms with E-state index in [2.05, 4.69) is 10.3 Å². The van der Waals surface area contributed by atoms with Gasteiger partial charge >= 0.3 is 5.97 Å². The van der Waals surface area contributed by atoms with Crippen molar-refractivity contribution in [1.29, 1.82) is 5.26 Å². The molecular formula is C12H14ClN3O2. The number of aliphatic carboxylic acids is 1. The van der Waals surface area contributed by atoms with Crippen LogP contribution in [0.25, 0.3) is 0 Å². The molecule has 1 unspecified atom stereocenters. The largest absolute Gasteiger partial charge is 0.481 e. The molecule has 0 aromatic carbocycles. The average molecular weight is 268 g/mol. The summed E-state index contributed by atoms with van der Waals surface area (Å²) in [5.41, 5.74) is 0.319. The Hall–Kier alpha value is -1.80. The minimum atomic E-state index is -0.881. The first-order valence-electron chi connectivity index (χ1n) is 5.61. The van der Waals surface area contributed by atoms with Gasteiger partial charge in [-0.05, 0) is 12.5 Å².